The van der Waals surface area contributed by atoms with Crippen LogP contribution >= 0.6 is 0 Å². The number of nitrogens with one attached hydrogen (secondary N) is 1. The van der Waals surface area contributed by atoms with E-state index in [1.165, 1.54) is 4.68 Å². The maximum Gasteiger partial charge on any atom is 0.333 e. The zero-order valence-electron chi connectivity index (χ0n) is 11.6. The fourth-order valence-electron chi connectivity index (χ4n) is 2.00. The topological polar surface area (TPSA) is 117 Å². The normalized spacial score (nSPS) is 10.8. The van der Waals surface area contributed by atoms with Crippen molar-refractivity contribution in [3.05, 3.63) is 27.6 Å². The molecule has 0 radical (unpaired) electrons. The van der Waals surface area contributed by atoms with Crippen LogP contribution in [-0.2, 0) is 27.1 Å². The van der Waals surface area contributed by atoms with Gasteiger partial charge in [0.25, 0.3) is 0 Å². The van der Waals surface area contributed by atoms with E-state index in [1.54, 1.807) is 25.0 Å². The lowest BCUT2D eigenvalue weighted by molar-refractivity contribution is -0.384. The van der Waals surface area contributed by atoms with Crippen LogP contribution in [0.2, 0.25) is 0 Å². The number of nitrogens with two attached hydrogens (primary N) is 1. The van der Waals surface area contributed by atoms with Gasteiger partial charge in [0.2, 0.25) is 5.82 Å². The maximum atomic E-state index is 11.2. The summed E-state index contributed by atoms with van der Waals surface area (Å²) < 4.78 is 3.02. The second-order valence-electron chi connectivity index (χ2n) is 4.41. The molecule has 0 saturated heterocycles. The van der Waals surface area contributed by atoms with E-state index in [9.17, 15) is 10.1 Å². The molecule has 2 rings (SSSR count). The van der Waals surface area contributed by atoms with Gasteiger partial charge in [0, 0.05) is 26.2 Å². The molecule has 0 unspecified atom stereocenters. The molecule has 108 valence electrons. The van der Waals surface area contributed by atoms with Crippen LogP contribution in [0.5, 0.6) is 0 Å². The highest BCUT2D eigenvalue weighted by atomic mass is 16.6. The molecule has 0 aliphatic rings. The lowest BCUT2D eigenvalue weighted by Gasteiger charge is -2.05. The third-order valence-electron chi connectivity index (χ3n) is 3.12. The molecule has 0 aliphatic carbocycles. The molecule has 2 aromatic rings. The highest BCUT2D eigenvalue weighted by molar-refractivity contribution is 5.60. The van der Waals surface area contributed by atoms with Gasteiger partial charge in [-0.3, -0.25) is 14.8 Å². The molecule has 20 heavy (non-hydrogen) atoms. The standard InChI is InChI=1S/C11H17N7O2/c1-4-8-9(18(19)20)11(17(3)15-8)13-5-7-6-14-16(2)10(7)12/h6,13H,4-5,12H2,1-3H3. The van der Waals surface area contributed by atoms with E-state index in [4.69, 9.17) is 5.73 Å². The number of nitrogens with zero attached hydrogens (tertiary/aromatic N) is 5. The Bertz CT molecular complexity index is 643. The average Bonchev–Trinajstić information content (AvgIpc) is 2.89. The van der Waals surface area contributed by atoms with E-state index in [0.29, 0.717) is 30.3 Å². The van der Waals surface area contributed by atoms with Crippen LogP contribution in [-0.4, -0.2) is 24.5 Å². The first-order valence-corrected chi connectivity index (χ1v) is 6.16. The predicted octanol–water partition coefficient (Wildman–Crippen LogP) is 0.819. The van der Waals surface area contributed by atoms with Crippen LogP contribution < -0.4 is 11.1 Å². The molecule has 2 heterocycles. The number of rotatable bonds is 5. The van der Waals surface area contributed by atoms with Crippen LogP contribution in [0.1, 0.15) is 18.2 Å². The van der Waals surface area contributed by atoms with Crippen molar-refractivity contribution in [2.75, 3.05) is 11.1 Å². The van der Waals surface area contributed by atoms with Crippen molar-refractivity contribution in [2.45, 2.75) is 19.9 Å². The summed E-state index contributed by atoms with van der Waals surface area (Å²) in [6.07, 6.45) is 2.13. The Balaban J connectivity index is 2.27. The van der Waals surface area contributed by atoms with Crippen LogP contribution in [0.15, 0.2) is 6.20 Å². The minimum absolute atomic E-state index is 0.0115. The summed E-state index contributed by atoms with van der Waals surface area (Å²) in [4.78, 5) is 10.8. The van der Waals surface area contributed by atoms with Gasteiger partial charge in [0.1, 0.15) is 11.5 Å². The third-order valence-corrected chi connectivity index (χ3v) is 3.12. The van der Waals surface area contributed by atoms with Crippen molar-refractivity contribution in [3.8, 4) is 0 Å². The minimum atomic E-state index is -0.416. The highest BCUT2D eigenvalue weighted by Crippen LogP contribution is 2.29. The summed E-state index contributed by atoms with van der Waals surface area (Å²) in [7, 11) is 3.40. The summed E-state index contributed by atoms with van der Waals surface area (Å²) in [6.45, 7) is 2.18. The minimum Gasteiger partial charge on any atom is -0.384 e. The molecular formula is C11H17N7O2. The van der Waals surface area contributed by atoms with Gasteiger partial charge in [-0.15, -0.1) is 0 Å². The number of hydrogen-bond donors (Lipinski definition) is 2. The zero-order chi connectivity index (χ0) is 14.9. The number of nitrogen functional groups attached to an aromatic ring is 1. The van der Waals surface area contributed by atoms with E-state index in [-0.39, 0.29) is 5.69 Å². The second-order valence-corrected chi connectivity index (χ2v) is 4.41. The van der Waals surface area contributed by atoms with Crippen LogP contribution in [0.4, 0.5) is 17.3 Å². The summed E-state index contributed by atoms with van der Waals surface area (Å²) in [5.74, 6) is 0.896. The molecule has 0 aromatic carbocycles. The van der Waals surface area contributed by atoms with Crippen molar-refractivity contribution in [1.29, 1.82) is 0 Å². The molecule has 0 spiro atoms. The van der Waals surface area contributed by atoms with Gasteiger partial charge in [-0.05, 0) is 6.42 Å². The van der Waals surface area contributed by atoms with E-state index >= 15 is 0 Å². The molecule has 0 aliphatic heterocycles. The molecule has 0 saturated carbocycles. The quantitative estimate of drug-likeness (QED) is 0.618. The summed E-state index contributed by atoms with van der Waals surface area (Å²) in [5.41, 5.74) is 7.09. The highest BCUT2D eigenvalue weighted by Gasteiger charge is 2.25. The van der Waals surface area contributed by atoms with E-state index in [1.807, 2.05) is 6.92 Å². The van der Waals surface area contributed by atoms with Crippen LogP contribution in [0.3, 0.4) is 0 Å². The molecule has 0 atom stereocenters. The number of aromatic nitrogens is 4. The smallest absolute Gasteiger partial charge is 0.333 e. The Morgan fingerprint density at radius 3 is 2.65 bits per heavy atom. The fraction of sp³-hybridized carbons (Fsp3) is 0.455. The fourth-order valence-corrected chi connectivity index (χ4v) is 2.00. The van der Waals surface area contributed by atoms with E-state index < -0.39 is 4.92 Å². The number of nitro groups is 1. The van der Waals surface area contributed by atoms with Crippen molar-refractivity contribution < 1.29 is 4.92 Å². The predicted molar refractivity (Wildman–Crippen MR) is 74.2 cm³/mol. The van der Waals surface area contributed by atoms with E-state index in [0.717, 1.165) is 5.56 Å². The first-order chi connectivity index (χ1) is 9.45. The molecule has 9 heteroatoms. The van der Waals surface area contributed by atoms with Crippen LogP contribution in [0.25, 0.3) is 0 Å². The first-order valence-electron chi connectivity index (χ1n) is 6.16. The molecule has 9 nitrogen and oxygen atoms in total. The Morgan fingerprint density at radius 2 is 2.15 bits per heavy atom. The molecule has 0 fully saturated rings. The molecule has 0 amide bonds. The number of hydrogen-bond acceptors (Lipinski definition) is 6. The number of aryl methyl sites for hydroxylation is 3. The average molecular weight is 279 g/mol. The van der Waals surface area contributed by atoms with E-state index in [2.05, 4.69) is 15.5 Å². The van der Waals surface area contributed by atoms with Gasteiger partial charge in [-0.25, -0.2) is 4.68 Å². The van der Waals surface area contributed by atoms with Gasteiger partial charge in [0.15, 0.2) is 0 Å². The summed E-state index contributed by atoms with van der Waals surface area (Å²) in [6, 6.07) is 0. The zero-order valence-corrected chi connectivity index (χ0v) is 11.6. The first kappa shape index (κ1) is 13.8. The lowest BCUT2D eigenvalue weighted by Crippen LogP contribution is -2.08. The molecular weight excluding hydrogens is 262 g/mol. The molecule has 2 aromatic heterocycles. The molecule has 3 N–H and O–H groups in total. The third kappa shape index (κ3) is 2.29. The van der Waals surface area contributed by atoms with Gasteiger partial charge >= 0.3 is 5.69 Å². The van der Waals surface area contributed by atoms with Crippen molar-refractivity contribution in [2.24, 2.45) is 14.1 Å². The maximum absolute atomic E-state index is 11.2. The lowest BCUT2D eigenvalue weighted by atomic mass is 10.3. The number of anilines is 2. The van der Waals surface area contributed by atoms with Crippen molar-refractivity contribution in [1.82, 2.24) is 19.6 Å². The summed E-state index contributed by atoms with van der Waals surface area (Å²) >= 11 is 0. The SMILES string of the molecule is CCc1nn(C)c(NCc2cnn(C)c2N)c1[N+](=O)[O-]. The monoisotopic (exact) mass is 279 g/mol. The Kier molecular flexibility index (Phi) is 3.59. The molecule has 0 bridgehead atoms. The van der Waals surface area contributed by atoms with Crippen molar-refractivity contribution in [3.63, 3.8) is 0 Å². The van der Waals surface area contributed by atoms with Crippen molar-refractivity contribution >= 4 is 17.3 Å². The van der Waals surface area contributed by atoms with Gasteiger partial charge in [-0.1, -0.05) is 6.92 Å². The Labute approximate surface area is 115 Å². The second kappa shape index (κ2) is 5.19. The Hall–Kier alpha value is -2.58. The Morgan fingerprint density at radius 1 is 1.45 bits per heavy atom. The van der Waals surface area contributed by atoms with Crippen LogP contribution in [0, 0.1) is 10.1 Å². The van der Waals surface area contributed by atoms with Gasteiger partial charge in [0.05, 0.1) is 11.1 Å². The van der Waals surface area contributed by atoms with Gasteiger partial charge in [-0.2, -0.15) is 10.2 Å². The summed E-state index contributed by atoms with van der Waals surface area (Å²) in [5, 5.41) is 22.4. The van der Waals surface area contributed by atoms with Gasteiger partial charge < -0.3 is 11.1 Å². The largest absolute Gasteiger partial charge is 0.384 e.